The number of primary amides is 1. The fraction of sp³-hybridized carbons (Fsp3) is 0.0667. The third kappa shape index (κ3) is 1.87. The van der Waals surface area contributed by atoms with Crippen LogP contribution in [0.2, 0.25) is 0 Å². The second-order valence-electron chi connectivity index (χ2n) is 4.47. The minimum Gasteiger partial charge on any atom is -0.366 e. The zero-order chi connectivity index (χ0) is 13.4. The van der Waals surface area contributed by atoms with E-state index in [1.54, 1.807) is 12.1 Å². The van der Waals surface area contributed by atoms with Crippen LogP contribution in [0.4, 0.5) is 0 Å². The van der Waals surface area contributed by atoms with Crippen molar-refractivity contribution in [2.45, 2.75) is 6.92 Å². The molecule has 0 unspecified atom stereocenters. The zero-order valence-corrected chi connectivity index (χ0v) is 10.5. The second kappa shape index (κ2) is 4.24. The first kappa shape index (κ1) is 11.5. The third-order valence-corrected chi connectivity index (χ3v) is 3.18. The number of nitrogens with zero attached hydrogens (tertiary/aromatic N) is 1. The molecule has 19 heavy (non-hydrogen) atoms. The topological polar surface area (TPSA) is 71.8 Å². The van der Waals surface area contributed by atoms with E-state index in [0.29, 0.717) is 11.1 Å². The number of aromatic amines is 1. The summed E-state index contributed by atoms with van der Waals surface area (Å²) in [4.78, 5) is 19.1. The Morgan fingerprint density at radius 1 is 1.16 bits per heavy atom. The van der Waals surface area contributed by atoms with Crippen LogP contribution < -0.4 is 5.73 Å². The van der Waals surface area contributed by atoms with Crippen molar-refractivity contribution in [3.05, 3.63) is 53.6 Å². The molecule has 1 amide bonds. The van der Waals surface area contributed by atoms with Gasteiger partial charge in [0.25, 0.3) is 5.91 Å². The maximum atomic E-state index is 11.4. The molecule has 0 atom stereocenters. The van der Waals surface area contributed by atoms with Crippen molar-refractivity contribution in [1.82, 2.24) is 9.97 Å². The maximum Gasteiger partial charge on any atom is 0.250 e. The molecule has 1 heterocycles. The van der Waals surface area contributed by atoms with E-state index in [0.717, 1.165) is 22.5 Å². The molecule has 0 aliphatic carbocycles. The van der Waals surface area contributed by atoms with Crippen LogP contribution in [0, 0.1) is 6.92 Å². The molecule has 2 aromatic carbocycles. The number of fused-ring (bicyclic) bond motifs is 1. The molecule has 0 saturated carbocycles. The van der Waals surface area contributed by atoms with Crippen molar-refractivity contribution in [1.29, 1.82) is 0 Å². The number of hydrogen-bond acceptors (Lipinski definition) is 2. The zero-order valence-electron chi connectivity index (χ0n) is 10.5. The first-order valence-electron chi connectivity index (χ1n) is 6.01. The van der Waals surface area contributed by atoms with Crippen molar-refractivity contribution < 1.29 is 4.79 Å². The van der Waals surface area contributed by atoms with Gasteiger partial charge in [-0.15, -0.1) is 0 Å². The Morgan fingerprint density at radius 3 is 2.68 bits per heavy atom. The highest BCUT2D eigenvalue weighted by Gasteiger charge is 2.12. The highest BCUT2D eigenvalue weighted by molar-refractivity contribution is 6.04. The molecule has 1 aromatic heterocycles. The van der Waals surface area contributed by atoms with Crippen molar-refractivity contribution in [3.63, 3.8) is 0 Å². The van der Waals surface area contributed by atoms with Crippen molar-refractivity contribution >= 4 is 16.9 Å². The van der Waals surface area contributed by atoms with E-state index in [1.165, 1.54) is 0 Å². The molecule has 3 rings (SSSR count). The Hall–Kier alpha value is -2.62. The van der Waals surface area contributed by atoms with E-state index >= 15 is 0 Å². The predicted octanol–water partition coefficient (Wildman–Crippen LogP) is 2.64. The molecule has 0 radical (unpaired) electrons. The van der Waals surface area contributed by atoms with E-state index in [-0.39, 0.29) is 0 Å². The summed E-state index contributed by atoms with van der Waals surface area (Å²) < 4.78 is 0. The minimum atomic E-state index is -0.464. The summed E-state index contributed by atoms with van der Waals surface area (Å²) in [6.45, 7) is 2.03. The number of nitrogens with two attached hydrogens (primary N) is 1. The van der Waals surface area contributed by atoms with Crippen LogP contribution in [0.5, 0.6) is 0 Å². The molecule has 3 aromatic rings. The van der Waals surface area contributed by atoms with E-state index < -0.39 is 5.91 Å². The molecule has 4 heteroatoms. The van der Waals surface area contributed by atoms with Crippen LogP contribution in [0.1, 0.15) is 15.9 Å². The molecular formula is C15H13N3O. The summed E-state index contributed by atoms with van der Waals surface area (Å²) in [5, 5.41) is 0. The summed E-state index contributed by atoms with van der Waals surface area (Å²) in [6, 6.07) is 13.3. The SMILES string of the molecule is Cc1ccccc1-c1nc2c(C(N)=O)cccc2[nH]1. The molecule has 0 saturated heterocycles. The van der Waals surface area contributed by atoms with Gasteiger partial charge in [-0.1, -0.05) is 30.3 Å². The van der Waals surface area contributed by atoms with Crippen LogP contribution in [-0.4, -0.2) is 15.9 Å². The smallest absolute Gasteiger partial charge is 0.250 e. The Morgan fingerprint density at radius 2 is 1.95 bits per heavy atom. The number of carbonyl (C=O) groups excluding carboxylic acids is 1. The van der Waals surface area contributed by atoms with Crippen LogP contribution in [0.15, 0.2) is 42.5 Å². The van der Waals surface area contributed by atoms with Gasteiger partial charge in [-0.25, -0.2) is 4.98 Å². The molecule has 0 bridgehead atoms. The van der Waals surface area contributed by atoms with Gasteiger partial charge in [0, 0.05) is 5.56 Å². The number of aryl methyl sites for hydroxylation is 1. The van der Waals surface area contributed by atoms with Crippen molar-refractivity contribution in [2.24, 2.45) is 5.73 Å². The lowest BCUT2D eigenvalue weighted by molar-refractivity contribution is 0.100. The molecular weight excluding hydrogens is 238 g/mol. The molecule has 4 nitrogen and oxygen atoms in total. The number of amides is 1. The van der Waals surface area contributed by atoms with Gasteiger partial charge in [-0.05, 0) is 24.6 Å². The average molecular weight is 251 g/mol. The van der Waals surface area contributed by atoms with Gasteiger partial charge in [0.15, 0.2) is 0 Å². The summed E-state index contributed by atoms with van der Waals surface area (Å²) in [5.41, 5.74) is 9.39. The highest BCUT2D eigenvalue weighted by atomic mass is 16.1. The van der Waals surface area contributed by atoms with Gasteiger partial charge >= 0.3 is 0 Å². The predicted molar refractivity (Wildman–Crippen MR) is 74.8 cm³/mol. The number of carbonyl (C=O) groups is 1. The standard InChI is InChI=1S/C15H13N3O/c1-9-5-2-3-6-10(9)15-17-12-8-4-7-11(14(16)19)13(12)18-15/h2-8H,1H3,(H2,16,19)(H,17,18). The van der Waals surface area contributed by atoms with E-state index in [4.69, 9.17) is 5.73 Å². The molecule has 3 N–H and O–H groups in total. The first-order chi connectivity index (χ1) is 9.16. The fourth-order valence-electron chi connectivity index (χ4n) is 2.20. The number of aromatic nitrogens is 2. The number of nitrogens with one attached hydrogen (secondary N) is 1. The largest absolute Gasteiger partial charge is 0.366 e. The Kier molecular flexibility index (Phi) is 2.56. The van der Waals surface area contributed by atoms with E-state index in [9.17, 15) is 4.79 Å². The van der Waals surface area contributed by atoms with Crippen LogP contribution in [0.3, 0.4) is 0 Å². The molecule has 0 aliphatic heterocycles. The summed E-state index contributed by atoms with van der Waals surface area (Å²) in [7, 11) is 0. The van der Waals surface area contributed by atoms with Crippen molar-refractivity contribution in [3.8, 4) is 11.4 Å². The van der Waals surface area contributed by atoms with Gasteiger partial charge in [0.05, 0.1) is 11.1 Å². The summed E-state index contributed by atoms with van der Waals surface area (Å²) in [6.07, 6.45) is 0. The lowest BCUT2D eigenvalue weighted by atomic mass is 10.1. The fourth-order valence-corrected chi connectivity index (χ4v) is 2.20. The Bertz CT molecular complexity index is 774. The number of imidazole rings is 1. The molecule has 0 spiro atoms. The quantitative estimate of drug-likeness (QED) is 0.735. The summed E-state index contributed by atoms with van der Waals surface area (Å²) >= 11 is 0. The third-order valence-electron chi connectivity index (χ3n) is 3.18. The number of hydrogen-bond donors (Lipinski definition) is 2. The van der Waals surface area contributed by atoms with Gasteiger partial charge in [-0.3, -0.25) is 4.79 Å². The molecule has 0 fully saturated rings. The number of para-hydroxylation sites is 1. The molecule has 94 valence electrons. The minimum absolute atomic E-state index is 0.439. The second-order valence-corrected chi connectivity index (χ2v) is 4.47. The number of H-pyrrole nitrogens is 1. The van der Waals surface area contributed by atoms with Crippen LogP contribution >= 0.6 is 0 Å². The number of benzene rings is 2. The summed E-state index contributed by atoms with van der Waals surface area (Å²) in [5.74, 6) is 0.287. The van der Waals surface area contributed by atoms with E-state index in [1.807, 2.05) is 37.3 Å². The Balaban J connectivity index is 2.26. The number of rotatable bonds is 2. The van der Waals surface area contributed by atoms with Gasteiger partial charge < -0.3 is 10.7 Å². The lowest BCUT2D eigenvalue weighted by Gasteiger charge is -2.00. The molecule has 0 aliphatic rings. The normalized spacial score (nSPS) is 10.8. The van der Waals surface area contributed by atoms with Crippen molar-refractivity contribution in [2.75, 3.05) is 0 Å². The monoisotopic (exact) mass is 251 g/mol. The van der Waals surface area contributed by atoms with Crippen LogP contribution in [0.25, 0.3) is 22.4 Å². The highest BCUT2D eigenvalue weighted by Crippen LogP contribution is 2.24. The first-order valence-corrected chi connectivity index (χ1v) is 6.01. The maximum absolute atomic E-state index is 11.4. The van der Waals surface area contributed by atoms with Gasteiger partial charge in [0.1, 0.15) is 11.3 Å². The average Bonchev–Trinajstić information content (AvgIpc) is 2.82. The van der Waals surface area contributed by atoms with Crippen LogP contribution in [-0.2, 0) is 0 Å². The van der Waals surface area contributed by atoms with Gasteiger partial charge in [-0.2, -0.15) is 0 Å². The van der Waals surface area contributed by atoms with E-state index in [2.05, 4.69) is 9.97 Å². The lowest BCUT2D eigenvalue weighted by Crippen LogP contribution is -2.11. The van der Waals surface area contributed by atoms with Gasteiger partial charge in [0.2, 0.25) is 0 Å². The Labute approximate surface area is 110 Å².